The monoisotopic (exact) mass is 211 g/mol. The van der Waals surface area contributed by atoms with Crippen LogP contribution < -0.4 is 5.32 Å². The van der Waals surface area contributed by atoms with E-state index in [9.17, 15) is 13.6 Å². The summed E-state index contributed by atoms with van der Waals surface area (Å²) < 4.78 is 27.7. The average molecular weight is 211 g/mol. The van der Waals surface area contributed by atoms with Gasteiger partial charge in [-0.3, -0.25) is 4.79 Å². The Hall–Kier alpha value is -0.750. The molecular formula is C8H15F2NO3. The first-order valence-corrected chi connectivity index (χ1v) is 4.40. The number of carboxylic acid groups (broad SMARTS) is 1. The van der Waals surface area contributed by atoms with Crippen LogP contribution in [0.4, 0.5) is 8.78 Å². The lowest BCUT2D eigenvalue weighted by Crippen LogP contribution is -2.38. The Bertz CT molecular complexity index is 167. The summed E-state index contributed by atoms with van der Waals surface area (Å²) >= 11 is 0. The fourth-order valence-electron chi connectivity index (χ4n) is 0.884. The Kier molecular flexibility index (Phi) is 7.23. The molecule has 0 amide bonds. The van der Waals surface area contributed by atoms with E-state index in [-0.39, 0.29) is 13.2 Å². The Morgan fingerprint density at radius 2 is 2.21 bits per heavy atom. The van der Waals surface area contributed by atoms with Gasteiger partial charge in [-0.25, -0.2) is 8.78 Å². The minimum absolute atomic E-state index is 0.0914. The van der Waals surface area contributed by atoms with E-state index in [0.29, 0.717) is 6.42 Å². The van der Waals surface area contributed by atoms with Crippen molar-refractivity contribution in [2.45, 2.75) is 25.8 Å². The number of alkyl halides is 2. The largest absolute Gasteiger partial charge is 0.480 e. The van der Waals surface area contributed by atoms with Crippen molar-refractivity contribution in [1.29, 1.82) is 0 Å². The van der Waals surface area contributed by atoms with Gasteiger partial charge in [-0.15, -0.1) is 0 Å². The number of halogens is 2. The van der Waals surface area contributed by atoms with Crippen LogP contribution in [0.15, 0.2) is 0 Å². The predicted octanol–water partition coefficient (Wildman–Crippen LogP) is 0.721. The zero-order valence-corrected chi connectivity index (χ0v) is 8.00. The van der Waals surface area contributed by atoms with Gasteiger partial charge in [0, 0.05) is 6.54 Å². The smallest absolute Gasteiger partial charge is 0.320 e. The second kappa shape index (κ2) is 7.64. The molecule has 0 heterocycles. The molecule has 0 radical (unpaired) electrons. The van der Waals surface area contributed by atoms with Gasteiger partial charge in [0.25, 0.3) is 6.43 Å². The van der Waals surface area contributed by atoms with Crippen LogP contribution in [0, 0.1) is 0 Å². The van der Waals surface area contributed by atoms with Gasteiger partial charge < -0.3 is 15.2 Å². The molecule has 0 aromatic heterocycles. The molecule has 0 aliphatic rings. The van der Waals surface area contributed by atoms with Crippen LogP contribution in [-0.4, -0.2) is 43.3 Å². The van der Waals surface area contributed by atoms with E-state index in [1.807, 2.05) is 0 Å². The summed E-state index contributed by atoms with van der Waals surface area (Å²) in [6, 6.07) is -0.634. The summed E-state index contributed by atoms with van der Waals surface area (Å²) in [6.45, 7) is 1.48. The number of nitrogens with one attached hydrogen (secondary N) is 1. The lowest BCUT2D eigenvalue weighted by molar-refractivity contribution is -0.139. The van der Waals surface area contributed by atoms with E-state index in [2.05, 4.69) is 10.1 Å². The maximum atomic E-state index is 11.6. The first-order valence-electron chi connectivity index (χ1n) is 4.40. The predicted molar refractivity (Wildman–Crippen MR) is 46.5 cm³/mol. The topological polar surface area (TPSA) is 58.6 Å². The zero-order valence-electron chi connectivity index (χ0n) is 8.00. The van der Waals surface area contributed by atoms with Crippen LogP contribution in [0.1, 0.15) is 13.3 Å². The maximum Gasteiger partial charge on any atom is 0.320 e. The SMILES string of the molecule is CCC(NCCOCC(F)F)C(=O)O. The molecule has 0 spiro atoms. The number of hydrogen-bond acceptors (Lipinski definition) is 3. The van der Waals surface area contributed by atoms with Crippen LogP contribution >= 0.6 is 0 Å². The number of aliphatic carboxylic acids is 1. The van der Waals surface area contributed by atoms with Gasteiger partial charge in [-0.05, 0) is 6.42 Å². The molecule has 84 valence electrons. The fraction of sp³-hybridized carbons (Fsp3) is 0.875. The summed E-state index contributed by atoms with van der Waals surface area (Å²) in [4.78, 5) is 10.5. The van der Waals surface area contributed by atoms with Crippen LogP contribution in [0.3, 0.4) is 0 Å². The molecule has 0 rings (SSSR count). The number of carboxylic acids is 1. The molecule has 0 fully saturated rings. The Morgan fingerprint density at radius 1 is 1.57 bits per heavy atom. The zero-order chi connectivity index (χ0) is 11.0. The van der Waals surface area contributed by atoms with Gasteiger partial charge in [0.15, 0.2) is 0 Å². The molecule has 14 heavy (non-hydrogen) atoms. The van der Waals surface area contributed by atoms with Gasteiger partial charge in [0.05, 0.1) is 6.61 Å². The van der Waals surface area contributed by atoms with Gasteiger partial charge in [0.1, 0.15) is 12.6 Å². The van der Waals surface area contributed by atoms with Gasteiger partial charge in [0.2, 0.25) is 0 Å². The summed E-state index contributed by atoms with van der Waals surface area (Å²) in [7, 11) is 0. The number of hydrogen-bond donors (Lipinski definition) is 2. The van der Waals surface area contributed by atoms with Crippen molar-refractivity contribution in [3.8, 4) is 0 Å². The molecule has 0 saturated carbocycles. The van der Waals surface area contributed by atoms with E-state index in [1.54, 1.807) is 6.92 Å². The van der Waals surface area contributed by atoms with E-state index in [4.69, 9.17) is 5.11 Å². The van der Waals surface area contributed by atoms with Gasteiger partial charge >= 0.3 is 5.97 Å². The van der Waals surface area contributed by atoms with E-state index in [1.165, 1.54) is 0 Å². The van der Waals surface area contributed by atoms with E-state index < -0.39 is 25.0 Å². The molecule has 1 atom stereocenters. The van der Waals surface area contributed by atoms with Crippen molar-refractivity contribution in [1.82, 2.24) is 5.32 Å². The van der Waals surface area contributed by atoms with Crippen molar-refractivity contribution in [2.24, 2.45) is 0 Å². The molecule has 0 saturated heterocycles. The van der Waals surface area contributed by atoms with Crippen LogP contribution in [-0.2, 0) is 9.53 Å². The molecule has 4 nitrogen and oxygen atoms in total. The highest BCUT2D eigenvalue weighted by atomic mass is 19.3. The second-order valence-electron chi connectivity index (χ2n) is 2.72. The molecule has 0 aromatic rings. The number of rotatable bonds is 8. The standard InChI is InChI=1S/C8H15F2NO3/c1-2-6(8(12)13)11-3-4-14-5-7(9)10/h6-7,11H,2-5H2,1H3,(H,12,13). The van der Waals surface area contributed by atoms with Crippen molar-refractivity contribution < 1.29 is 23.4 Å². The fourth-order valence-corrected chi connectivity index (χ4v) is 0.884. The Labute approximate surface area is 81.2 Å². The minimum Gasteiger partial charge on any atom is -0.480 e. The lowest BCUT2D eigenvalue weighted by Gasteiger charge is -2.11. The molecular weight excluding hydrogens is 196 g/mol. The van der Waals surface area contributed by atoms with Crippen molar-refractivity contribution in [3.63, 3.8) is 0 Å². The highest BCUT2D eigenvalue weighted by Crippen LogP contribution is 1.93. The first kappa shape index (κ1) is 13.2. The maximum absolute atomic E-state index is 11.6. The normalized spacial score (nSPS) is 13.1. The summed E-state index contributed by atoms with van der Waals surface area (Å²) in [6.07, 6.45) is -2.03. The van der Waals surface area contributed by atoms with Crippen molar-refractivity contribution in [3.05, 3.63) is 0 Å². The molecule has 0 aliphatic heterocycles. The third-order valence-electron chi connectivity index (χ3n) is 1.59. The second-order valence-corrected chi connectivity index (χ2v) is 2.72. The molecule has 0 bridgehead atoms. The van der Waals surface area contributed by atoms with E-state index >= 15 is 0 Å². The van der Waals surface area contributed by atoms with Crippen LogP contribution in [0.2, 0.25) is 0 Å². The highest BCUT2D eigenvalue weighted by Gasteiger charge is 2.12. The average Bonchev–Trinajstić information content (AvgIpc) is 2.10. The molecule has 6 heteroatoms. The number of ether oxygens (including phenoxy) is 1. The first-order chi connectivity index (χ1) is 6.57. The van der Waals surface area contributed by atoms with Gasteiger partial charge in [-0.1, -0.05) is 6.92 Å². The molecule has 0 aliphatic carbocycles. The van der Waals surface area contributed by atoms with Crippen molar-refractivity contribution in [2.75, 3.05) is 19.8 Å². The Morgan fingerprint density at radius 3 is 2.64 bits per heavy atom. The molecule has 1 unspecified atom stereocenters. The number of carbonyl (C=O) groups is 1. The summed E-state index contributed by atoms with van der Waals surface area (Å²) in [5.74, 6) is -0.943. The minimum atomic E-state index is -2.48. The van der Waals surface area contributed by atoms with Gasteiger partial charge in [-0.2, -0.15) is 0 Å². The third-order valence-corrected chi connectivity index (χ3v) is 1.59. The Balaban J connectivity index is 3.38. The highest BCUT2D eigenvalue weighted by molar-refractivity contribution is 5.73. The quantitative estimate of drug-likeness (QED) is 0.581. The third kappa shape index (κ3) is 6.73. The van der Waals surface area contributed by atoms with Crippen LogP contribution in [0.5, 0.6) is 0 Å². The van der Waals surface area contributed by atoms with E-state index in [0.717, 1.165) is 0 Å². The molecule has 2 N–H and O–H groups in total. The summed E-state index contributed by atoms with van der Waals surface area (Å²) in [5, 5.41) is 11.3. The van der Waals surface area contributed by atoms with Crippen molar-refractivity contribution >= 4 is 5.97 Å². The lowest BCUT2D eigenvalue weighted by atomic mass is 10.2. The van der Waals surface area contributed by atoms with Crippen LogP contribution in [0.25, 0.3) is 0 Å². The summed E-state index contributed by atoms with van der Waals surface area (Å²) in [5.41, 5.74) is 0. The molecule has 0 aromatic carbocycles.